The van der Waals surface area contributed by atoms with Gasteiger partial charge in [0, 0.05) is 0 Å². The minimum Gasteiger partial charge on any atom is -0.347 e. The van der Waals surface area contributed by atoms with Crippen molar-refractivity contribution in [3.05, 3.63) is 12.2 Å². The van der Waals surface area contributed by atoms with Gasteiger partial charge in [0.05, 0.1) is 12.1 Å². The number of nitrogens with zero attached hydrogens (tertiary/aromatic N) is 2. The van der Waals surface area contributed by atoms with Crippen molar-refractivity contribution in [1.82, 2.24) is 20.5 Å². The molecule has 1 heterocycles. The Kier molecular flexibility index (Phi) is 3.79. The van der Waals surface area contributed by atoms with Crippen LogP contribution in [0.15, 0.2) is 6.33 Å². The van der Waals surface area contributed by atoms with Crippen LogP contribution in [-0.2, 0) is 11.3 Å². The number of carbonyl (C=O) groups is 1. The van der Waals surface area contributed by atoms with E-state index in [1.54, 1.807) is 0 Å². The Hall–Kier alpha value is -1.43. The van der Waals surface area contributed by atoms with Gasteiger partial charge in [0.2, 0.25) is 5.91 Å². The number of aromatic nitrogens is 3. The molecule has 0 aromatic carbocycles. The Balaban J connectivity index is 2.48. The van der Waals surface area contributed by atoms with E-state index < -0.39 is 5.54 Å². The number of aromatic amines is 1. The standard InChI is InChI=1S/C9H17N5O/c1-3-9(10,4-2)8(15)11-5-7-12-6-13-14-7/h6H,3-5,10H2,1-2H3,(H,11,15)(H,12,13,14). The summed E-state index contributed by atoms with van der Waals surface area (Å²) in [5.74, 6) is 0.474. The predicted octanol–water partition coefficient (Wildman–Crippen LogP) is -0.0616. The molecule has 1 amide bonds. The summed E-state index contributed by atoms with van der Waals surface area (Å²) in [6.07, 6.45) is 2.63. The lowest BCUT2D eigenvalue weighted by Gasteiger charge is -2.24. The Morgan fingerprint density at radius 3 is 2.73 bits per heavy atom. The van der Waals surface area contributed by atoms with E-state index in [4.69, 9.17) is 5.73 Å². The quantitative estimate of drug-likeness (QED) is 0.635. The molecule has 1 aromatic rings. The average Bonchev–Trinajstić information content (AvgIpc) is 2.77. The smallest absolute Gasteiger partial charge is 0.240 e. The summed E-state index contributed by atoms with van der Waals surface area (Å²) in [5, 5.41) is 9.08. The first kappa shape index (κ1) is 11.6. The molecule has 84 valence electrons. The van der Waals surface area contributed by atoms with Crippen LogP contribution < -0.4 is 11.1 Å². The highest BCUT2D eigenvalue weighted by Gasteiger charge is 2.29. The summed E-state index contributed by atoms with van der Waals surface area (Å²) >= 11 is 0. The van der Waals surface area contributed by atoms with Crippen molar-refractivity contribution >= 4 is 5.91 Å². The normalized spacial score (nSPS) is 11.4. The first-order valence-electron chi connectivity index (χ1n) is 5.03. The average molecular weight is 211 g/mol. The summed E-state index contributed by atoms with van der Waals surface area (Å²) < 4.78 is 0. The van der Waals surface area contributed by atoms with Gasteiger partial charge in [0.1, 0.15) is 12.2 Å². The number of H-pyrrole nitrogens is 1. The zero-order chi connectivity index (χ0) is 11.3. The van der Waals surface area contributed by atoms with Gasteiger partial charge in [-0.15, -0.1) is 0 Å². The van der Waals surface area contributed by atoms with Crippen LogP contribution in [0.5, 0.6) is 0 Å². The summed E-state index contributed by atoms with van der Waals surface area (Å²) in [5.41, 5.74) is 5.14. The third-order valence-electron chi connectivity index (χ3n) is 2.60. The van der Waals surface area contributed by atoms with Gasteiger partial charge >= 0.3 is 0 Å². The maximum Gasteiger partial charge on any atom is 0.240 e. The van der Waals surface area contributed by atoms with Gasteiger partial charge in [-0.25, -0.2) is 4.98 Å². The molecule has 0 atom stereocenters. The lowest BCUT2D eigenvalue weighted by molar-refractivity contribution is -0.126. The number of nitrogens with two attached hydrogens (primary N) is 1. The van der Waals surface area contributed by atoms with Crippen molar-refractivity contribution < 1.29 is 4.79 Å². The number of amides is 1. The van der Waals surface area contributed by atoms with Crippen molar-refractivity contribution in [1.29, 1.82) is 0 Å². The van der Waals surface area contributed by atoms with Gasteiger partial charge in [0.25, 0.3) is 0 Å². The van der Waals surface area contributed by atoms with Crippen molar-refractivity contribution in [3.63, 3.8) is 0 Å². The minimum atomic E-state index is -0.778. The van der Waals surface area contributed by atoms with Crippen LogP contribution in [0, 0.1) is 0 Å². The van der Waals surface area contributed by atoms with Crippen LogP contribution in [0.25, 0.3) is 0 Å². The third kappa shape index (κ3) is 2.76. The second kappa shape index (κ2) is 4.88. The van der Waals surface area contributed by atoms with Crippen molar-refractivity contribution in [3.8, 4) is 0 Å². The molecule has 0 radical (unpaired) electrons. The largest absolute Gasteiger partial charge is 0.347 e. The lowest BCUT2D eigenvalue weighted by atomic mass is 9.93. The Morgan fingerprint density at radius 1 is 1.60 bits per heavy atom. The van der Waals surface area contributed by atoms with E-state index in [0.717, 1.165) is 0 Å². The highest BCUT2D eigenvalue weighted by Crippen LogP contribution is 2.10. The molecule has 0 unspecified atom stereocenters. The molecule has 4 N–H and O–H groups in total. The lowest BCUT2D eigenvalue weighted by Crippen LogP contribution is -2.52. The number of nitrogens with one attached hydrogen (secondary N) is 2. The van der Waals surface area contributed by atoms with Gasteiger partial charge < -0.3 is 11.1 Å². The second-order valence-corrected chi connectivity index (χ2v) is 3.48. The number of rotatable bonds is 5. The number of hydrogen-bond donors (Lipinski definition) is 3. The third-order valence-corrected chi connectivity index (χ3v) is 2.60. The fourth-order valence-electron chi connectivity index (χ4n) is 1.23. The van der Waals surface area contributed by atoms with Crippen LogP contribution in [0.3, 0.4) is 0 Å². The first-order chi connectivity index (χ1) is 7.12. The Morgan fingerprint density at radius 2 is 2.27 bits per heavy atom. The molecular formula is C9H17N5O. The van der Waals surface area contributed by atoms with Crippen molar-refractivity contribution in [2.45, 2.75) is 38.8 Å². The molecule has 0 aliphatic rings. The highest BCUT2D eigenvalue weighted by molar-refractivity contribution is 5.85. The van der Waals surface area contributed by atoms with E-state index in [-0.39, 0.29) is 5.91 Å². The zero-order valence-electron chi connectivity index (χ0n) is 9.08. The van der Waals surface area contributed by atoms with Crippen LogP contribution in [0.1, 0.15) is 32.5 Å². The van der Waals surface area contributed by atoms with E-state index >= 15 is 0 Å². The molecule has 0 fully saturated rings. The molecular weight excluding hydrogens is 194 g/mol. The van der Waals surface area contributed by atoms with Crippen molar-refractivity contribution in [2.75, 3.05) is 0 Å². The molecule has 0 bridgehead atoms. The molecule has 1 aromatic heterocycles. The van der Waals surface area contributed by atoms with E-state index in [1.807, 2.05) is 13.8 Å². The van der Waals surface area contributed by atoms with Gasteiger partial charge in [-0.1, -0.05) is 13.8 Å². The number of hydrogen-bond acceptors (Lipinski definition) is 4. The van der Waals surface area contributed by atoms with Crippen LogP contribution in [0.2, 0.25) is 0 Å². The van der Waals surface area contributed by atoms with Crippen LogP contribution >= 0.6 is 0 Å². The van der Waals surface area contributed by atoms with Crippen LogP contribution in [-0.4, -0.2) is 26.6 Å². The molecule has 6 heteroatoms. The van der Waals surface area contributed by atoms with E-state index in [1.165, 1.54) is 6.33 Å². The summed E-state index contributed by atoms with van der Waals surface area (Å²) in [6, 6.07) is 0. The fourth-order valence-corrected chi connectivity index (χ4v) is 1.23. The molecule has 0 saturated heterocycles. The highest BCUT2D eigenvalue weighted by atomic mass is 16.2. The van der Waals surface area contributed by atoms with E-state index in [9.17, 15) is 4.79 Å². The Labute approximate surface area is 88.7 Å². The molecule has 0 spiro atoms. The molecule has 1 rings (SSSR count). The predicted molar refractivity (Wildman–Crippen MR) is 55.7 cm³/mol. The summed E-state index contributed by atoms with van der Waals surface area (Å²) in [4.78, 5) is 15.6. The SMILES string of the molecule is CCC(N)(CC)C(=O)NCc1ncn[nH]1. The second-order valence-electron chi connectivity index (χ2n) is 3.48. The van der Waals surface area contributed by atoms with Gasteiger partial charge in [-0.2, -0.15) is 5.10 Å². The van der Waals surface area contributed by atoms with Gasteiger partial charge in [0.15, 0.2) is 0 Å². The van der Waals surface area contributed by atoms with E-state index in [0.29, 0.717) is 25.2 Å². The maximum absolute atomic E-state index is 11.7. The molecule has 0 aliphatic heterocycles. The van der Waals surface area contributed by atoms with Gasteiger partial charge in [-0.3, -0.25) is 9.89 Å². The van der Waals surface area contributed by atoms with E-state index in [2.05, 4.69) is 20.5 Å². The molecule has 0 aliphatic carbocycles. The monoisotopic (exact) mass is 211 g/mol. The molecule has 6 nitrogen and oxygen atoms in total. The first-order valence-corrected chi connectivity index (χ1v) is 5.03. The van der Waals surface area contributed by atoms with Crippen molar-refractivity contribution in [2.24, 2.45) is 5.73 Å². The fraction of sp³-hybridized carbons (Fsp3) is 0.667. The number of carbonyl (C=O) groups excluding carboxylic acids is 1. The maximum atomic E-state index is 11.7. The molecule has 0 saturated carbocycles. The summed E-state index contributed by atoms with van der Waals surface area (Å²) in [7, 11) is 0. The minimum absolute atomic E-state index is 0.149. The Bertz CT molecular complexity index is 304. The molecule has 15 heavy (non-hydrogen) atoms. The van der Waals surface area contributed by atoms with Crippen LogP contribution in [0.4, 0.5) is 0 Å². The topological polar surface area (TPSA) is 96.7 Å². The summed E-state index contributed by atoms with van der Waals surface area (Å²) in [6.45, 7) is 4.13. The zero-order valence-corrected chi connectivity index (χ0v) is 9.08. The van der Waals surface area contributed by atoms with Gasteiger partial charge in [-0.05, 0) is 12.8 Å².